The minimum absolute atomic E-state index is 0.0101. The largest absolute Gasteiger partial charge is 0.358 e. The fourth-order valence-corrected chi connectivity index (χ4v) is 3.20. The van der Waals surface area contributed by atoms with Crippen LogP contribution in [0.25, 0.3) is 0 Å². The van der Waals surface area contributed by atoms with Gasteiger partial charge in [0.1, 0.15) is 16.5 Å². The lowest BCUT2D eigenvalue weighted by molar-refractivity contribution is 0.338. The molecule has 7 heteroatoms. The number of benzene rings is 2. The molecule has 1 aliphatic rings. The van der Waals surface area contributed by atoms with E-state index in [0.29, 0.717) is 0 Å². The zero-order chi connectivity index (χ0) is 16.6. The Balaban J connectivity index is 1.91. The Morgan fingerprint density at radius 3 is 2.35 bits per heavy atom. The Bertz CT molecular complexity index is 890. The number of fused-ring (bicyclic) bond motifs is 1. The molecule has 0 radical (unpaired) electrons. The van der Waals surface area contributed by atoms with Crippen molar-refractivity contribution in [1.29, 1.82) is 0 Å². The lowest BCUT2D eigenvalue weighted by Gasteiger charge is -2.05. The third-order valence-electron chi connectivity index (χ3n) is 3.66. The highest BCUT2D eigenvalue weighted by atomic mass is 32.2. The van der Waals surface area contributed by atoms with Crippen LogP contribution in [-0.2, 0) is 20.8 Å². The quantitative estimate of drug-likeness (QED) is 0.807. The second kappa shape index (κ2) is 5.73. The number of oxime groups is 1. The molecule has 0 heterocycles. The molecule has 1 aliphatic carbocycles. The summed E-state index contributed by atoms with van der Waals surface area (Å²) in [7, 11) is -4.09. The van der Waals surface area contributed by atoms with Crippen LogP contribution < -0.4 is 0 Å². The van der Waals surface area contributed by atoms with Crippen molar-refractivity contribution < 1.29 is 21.5 Å². The van der Waals surface area contributed by atoms with Gasteiger partial charge in [-0.15, -0.1) is 0 Å². The van der Waals surface area contributed by atoms with E-state index in [1.54, 1.807) is 12.1 Å². The van der Waals surface area contributed by atoms with Crippen LogP contribution in [0.2, 0.25) is 0 Å². The van der Waals surface area contributed by atoms with Gasteiger partial charge in [-0.3, -0.25) is 4.28 Å². The Kier molecular flexibility index (Phi) is 3.89. The Morgan fingerprint density at radius 1 is 1.00 bits per heavy atom. The number of halogens is 2. The van der Waals surface area contributed by atoms with Gasteiger partial charge in [0.05, 0.1) is 5.71 Å². The first kappa shape index (κ1) is 15.6. The Labute approximate surface area is 132 Å². The molecule has 0 fully saturated rings. The lowest BCUT2D eigenvalue weighted by Crippen LogP contribution is -2.06. The minimum Gasteiger partial charge on any atom is -0.264 e. The fraction of sp³-hybridized carbons (Fsp3) is 0.188. The average molecular weight is 337 g/mol. The number of rotatable bonds is 3. The van der Waals surface area contributed by atoms with Crippen molar-refractivity contribution in [3.63, 3.8) is 0 Å². The molecule has 0 N–H and O–H groups in total. The highest BCUT2D eigenvalue weighted by Crippen LogP contribution is 2.28. The first-order valence-corrected chi connectivity index (χ1v) is 8.34. The zero-order valence-electron chi connectivity index (χ0n) is 12.2. The molecule has 0 aliphatic heterocycles. The molecule has 0 atom stereocenters. The zero-order valence-corrected chi connectivity index (χ0v) is 13.0. The van der Waals surface area contributed by atoms with Crippen molar-refractivity contribution in [2.75, 3.05) is 0 Å². The first-order valence-electron chi connectivity index (χ1n) is 6.93. The van der Waals surface area contributed by atoms with Crippen molar-refractivity contribution in [1.82, 2.24) is 0 Å². The molecule has 120 valence electrons. The molecule has 0 bridgehead atoms. The lowest BCUT2D eigenvalue weighted by atomic mass is 10.1. The summed E-state index contributed by atoms with van der Waals surface area (Å²) in [6.07, 6.45) is 0.475. The van der Waals surface area contributed by atoms with Crippen LogP contribution in [0.1, 0.15) is 23.1 Å². The van der Waals surface area contributed by atoms with E-state index in [0.717, 1.165) is 17.7 Å². The maximum Gasteiger partial charge on any atom is 0.358 e. The normalized spacial score (nSPS) is 15.7. The molecule has 23 heavy (non-hydrogen) atoms. The molecule has 0 amide bonds. The highest BCUT2D eigenvalue weighted by molar-refractivity contribution is 7.86. The smallest absolute Gasteiger partial charge is 0.264 e. The van der Waals surface area contributed by atoms with E-state index in [9.17, 15) is 17.2 Å². The van der Waals surface area contributed by atoms with Crippen LogP contribution in [0.15, 0.2) is 46.4 Å². The van der Waals surface area contributed by atoms with Gasteiger partial charge < -0.3 is 0 Å². The van der Waals surface area contributed by atoms with Crippen LogP contribution >= 0.6 is 0 Å². The molecule has 0 spiro atoms. The van der Waals surface area contributed by atoms with Gasteiger partial charge in [0, 0.05) is 11.1 Å². The molecule has 0 saturated heterocycles. The van der Waals surface area contributed by atoms with E-state index in [1.807, 2.05) is 6.92 Å². The van der Waals surface area contributed by atoms with E-state index in [2.05, 4.69) is 9.44 Å². The molecule has 2 aromatic carbocycles. The summed E-state index contributed by atoms with van der Waals surface area (Å²) in [5.41, 5.74) is 1.18. The predicted octanol–water partition coefficient (Wildman–Crippen LogP) is 3.33. The molecule has 4 nitrogen and oxygen atoms in total. The van der Waals surface area contributed by atoms with Crippen molar-refractivity contribution in [2.45, 2.75) is 24.7 Å². The summed E-state index contributed by atoms with van der Waals surface area (Å²) < 4.78 is 56.3. The molecule has 0 saturated carbocycles. The second-order valence-corrected chi connectivity index (χ2v) is 6.79. The maximum atomic E-state index is 13.9. The molecule has 0 aromatic heterocycles. The Morgan fingerprint density at radius 2 is 1.65 bits per heavy atom. The number of hydrogen-bond acceptors (Lipinski definition) is 4. The molecular weight excluding hydrogens is 324 g/mol. The fourth-order valence-electron chi connectivity index (χ4n) is 2.45. The maximum absolute atomic E-state index is 13.9. The van der Waals surface area contributed by atoms with Crippen LogP contribution in [0.3, 0.4) is 0 Å². The van der Waals surface area contributed by atoms with E-state index in [-0.39, 0.29) is 34.6 Å². The SMILES string of the molecule is Cc1ccc(S(=O)(=O)ON=C2CCc3c(F)ccc(F)c32)cc1. The van der Waals surface area contributed by atoms with E-state index < -0.39 is 21.8 Å². The topological polar surface area (TPSA) is 55.7 Å². The van der Waals surface area contributed by atoms with Gasteiger partial charge in [0.25, 0.3) is 0 Å². The van der Waals surface area contributed by atoms with Gasteiger partial charge in [-0.25, -0.2) is 8.78 Å². The first-order chi connectivity index (χ1) is 10.9. The monoisotopic (exact) mass is 337 g/mol. The minimum atomic E-state index is -4.09. The average Bonchev–Trinajstić information content (AvgIpc) is 2.95. The van der Waals surface area contributed by atoms with Crippen LogP contribution in [0.5, 0.6) is 0 Å². The van der Waals surface area contributed by atoms with E-state index in [4.69, 9.17) is 0 Å². The van der Waals surface area contributed by atoms with Crippen molar-refractivity contribution in [3.8, 4) is 0 Å². The van der Waals surface area contributed by atoms with Gasteiger partial charge in [0.2, 0.25) is 0 Å². The number of nitrogens with zero attached hydrogens (tertiary/aromatic N) is 1. The van der Waals surface area contributed by atoms with E-state index >= 15 is 0 Å². The van der Waals surface area contributed by atoms with Crippen molar-refractivity contribution >= 4 is 15.8 Å². The summed E-state index contributed by atoms with van der Waals surface area (Å²) in [4.78, 5) is -0.0506. The predicted molar refractivity (Wildman–Crippen MR) is 80.7 cm³/mol. The Hall–Kier alpha value is -2.28. The summed E-state index contributed by atoms with van der Waals surface area (Å²) >= 11 is 0. The molecule has 2 aromatic rings. The standard InChI is InChI=1S/C16H13F2NO3S/c1-10-2-4-11(5-3-10)23(20,21)22-19-15-9-6-12-13(17)7-8-14(18)16(12)15/h2-5,7-8H,6,9H2,1H3. The summed E-state index contributed by atoms with van der Waals surface area (Å²) in [5.74, 6) is -1.18. The third kappa shape index (κ3) is 2.96. The van der Waals surface area contributed by atoms with Gasteiger partial charge in [-0.05, 0) is 44.0 Å². The van der Waals surface area contributed by atoms with Crippen molar-refractivity contribution in [3.05, 3.63) is 64.7 Å². The van der Waals surface area contributed by atoms with Crippen molar-refractivity contribution in [2.24, 2.45) is 5.16 Å². The van der Waals surface area contributed by atoms with Gasteiger partial charge in [-0.1, -0.05) is 22.9 Å². The van der Waals surface area contributed by atoms with Gasteiger partial charge in [0.15, 0.2) is 0 Å². The molecule has 3 rings (SSSR count). The van der Waals surface area contributed by atoms with Crippen LogP contribution in [0.4, 0.5) is 8.78 Å². The summed E-state index contributed by atoms with van der Waals surface area (Å²) in [6, 6.07) is 8.08. The van der Waals surface area contributed by atoms with E-state index in [1.165, 1.54) is 12.1 Å². The van der Waals surface area contributed by atoms with Gasteiger partial charge >= 0.3 is 10.1 Å². The highest BCUT2D eigenvalue weighted by Gasteiger charge is 2.26. The second-order valence-electron chi connectivity index (χ2n) is 5.26. The third-order valence-corrected chi connectivity index (χ3v) is 4.78. The molecule has 0 unspecified atom stereocenters. The van der Waals surface area contributed by atoms with Crippen LogP contribution in [0, 0.1) is 18.6 Å². The van der Waals surface area contributed by atoms with Gasteiger partial charge in [-0.2, -0.15) is 8.42 Å². The molecular formula is C16H13F2NO3S. The number of aryl methyl sites for hydroxylation is 1. The van der Waals surface area contributed by atoms with Crippen LogP contribution in [-0.4, -0.2) is 14.1 Å². The summed E-state index contributed by atoms with van der Waals surface area (Å²) in [5, 5.41) is 3.56. The summed E-state index contributed by atoms with van der Waals surface area (Å²) in [6.45, 7) is 1.82. The number of hydrogen-bond donors (Lipinski definition) is 0.